The summed E-state index contributed by atoms with van der Waals surface area (Å²) in [6.07, 6.45) is 3.83. The van der Waals surface area contributed by atoms with Crippen molar-refractivity contribution in [3.05, 3.63) is 95.9 Å². The summed E-state index contributed by atoms with van der Waals surface area (Å²) in [6.45, 7) is 1.70. The average Bonchev–Trinajstić information content (AvgIpc) is 3.23. The molecule has 34 heavy (non-hydrogen) atoms. The maximum atomic E-state index is 13.7. The Labute approximate surface area is 209 Å². The number of carbonyl (C=O) groups is 1. The van der Waals surface area contributed by atoms with E-state index in [0.29, 0.717) is 15.9 Å². The lowest BCUT2D eigenvalue weighted by Gasteiger charge is -2.18. The highest BCUT2D eigenvalue weighted by Crippen LogP contribution is 2.34. The van der Waals surface area contributed by atoms with Gasteiger partial charge in [-0.2, -0.15) is 0 Å². The van der Waals surface area contributed by atoms with Crippen LogP contribution in [-0.2, 0) is 24.2 Å². The van der Waals surface area contributed by atoms with E-state index in [1.165, 1.54) is 20.5 Å². The predicted octanol–water partition coefficient (Wildman–Crippen LogP) is 5.11. The Morgan fingerprint density at radius 2 is 1.76 bits per heavy atom. The first-order valence-electron chi connectivity index (χ1n) is 11.3. The number of carbonyl (C=O) groups excluding carboxylic acids is 1. The zero-order valence-corrected chi connectivity index (χ0v) is 21.1. The molecule has 0 aliphatic heterocycles. The maximum absolute atomic E-state index is 13.7. The first kappa shape index (κ1) is 22.8. The number of nitrogens with one attached hydrogen (secondary N) is 1. The quantitative estimate of drug-likeness (QED) is 0.384. The summed E-state index contributed by atoms with van der Waals surface area (Å²) < 4.78 is 3.70. The second-order valence-electron chi connectivity index (χ2n) is 8.58. The van der Waals surface area contributed by atoms with Gasteiger partial charge in [0.15, 0.2) is 0 Å². The molecule has 4 aromatic rings. The molecule has 174 valence electrons. The number of aromatic nitrogens is 2. The summed E-state index contributed by atoms with van der Waals surface area (Å²) >= 11 is 4.87. The van der Waals surface area contributed by atoms with Crippen molar-refractivity contribution in [2.75, 3.05) is 5.32 Å². The number of hydrogen-bond donors (Lipinski definition) is 1. The first-order chi connectivity index (χ1) is 16.4. The Balaban J connectivity index is 1.64. The minimum atomic E-state index is -0.460. The van der Waals surface area contributed by atoms with Gasteiger partial charge in [0, 0.05) is 15.0 Å². The van der Waals surface area contributed by atoms with E-state index >= 15 is 0 Å². The third kappa shape index (κ3) is 4.16. The lowest BCUT2D eigenvalue weighted by atomic mass is 9.97. The molecular formula is C26H24BrN3O3S. The number of fused-ring (bicyclic) bond motifs is 3. The van der Waals surface area contributed by atoms with Crippen LogP contribution in [0.1, 0.15) is 41.8 Å². The smallest absolute Gasteiger partial charge is 0.325 e. The van der Waals surface area contributed by atoms with Crippen molar-refractivity contribution < 1.29 is 4.79 Å². The van der Waals surface area contributed by atoms with Gasteiger partial charge in [0.2, 0.25) is 5.91 Å². The van der Waals surface area contributed by atoms with Crippen LogP contribution in [0, 0.1) is 0 Å². The van der Waals surface area contributed by atoms with Gasteiger partial charge in [-0.25, -0.2) is 4.79 Å². The van der Waals surface area contributed by atoms with Crippen molar-refractivity contribution in [1.29, 1.82) is 0 Å². The number of halogens is 1. The van der Waals surface area contributed by atoms with E-state index in [0.717, 1.165) is 46.2 Å². The third-order valence-corrected chi connectivity index (χ3v) is 8.21. The SMILES string of the molecule is CC(c1ccccc1)n1c(=O)c2c3c(sc2n(CC(=O)Nc2ccc(Br)cc2)c1=O)CCCC3. The number of rotatable bonds is 5. The predicted molar refractivity (Wildman–Crippen MR) is 140 cm³/mol. The number of amides is 1. The van der Waals surface area contributed by atoms with Crippen LogP contribution < -0.4 is 16.6 Å². The van der Waals surface area contributed by atoms with Crippen LogP contribution in [0.25, 0.3) is 10.2 Å². The molecule has 2 heterocycles. The van der Waals surface area contributed by atoms with Crippen molar-refractivity contribution in [1.82, 2.24) is 9.13 Å². The fraction of sp³-hybridized carbons (Fsp3) is 0.269. The Bertz CT molecular complexity index is 1490. The largest absolute Gasteiger partial charge is 0.333 e. The molecule has 0 bridgehead atoms. The van der Waals surface area contributed by atoms with Gasteiger partial charge in [-0.15, -0.1) is 11.3 Å². The molecule has 6 nitrogen and oxygen atoms in total. The van der Waals surface area contributed by atoms with Crippen LogP contribution in [0.4, 0.5) is 5.69 Å². The number of benzene rings is 2. The molecular weight excluding hydrogens is 514 g/mol. The van der Waals surface area contributed by atoms with Crippen LogP contribution in [-0.4, -0.2) is 15.0 Å². The summed E-state index contributed by atoms with van der Waals surface area (Å²) in [5, 5.41) is 3.46. The zero-order valence-electron chi connectivity index (χ0n) is 18.7. The van der Waals surface area contributed by atoms with Crippen LogP contribution in [0.2, 0.25) is 0 Å². The molecule has 8 heteroatoms. The molecule has 0 radical (unpaired) electrons. The lowest BCUT2D eigenvalue weighted by molar-refractivity contribution is -0.116. The highest BCUT2D eigenvalue weighted by atomic mass is 79.9. The van der Waals surface area contributed by atoms with Crippen molar-refractivity contribution >= 4 is 49.1 Å². The van der Waals surface area contributed by atoms with Crippen LogP contribution >= 0.6 is 27.3 Å². The molecule has 1 amide bonds. The standard InChI is InChI=1S/C26H24BrN3O3S/c1-16(17-7-3-2-4-8-17)30-24(32)23-20-9-5-6-10-21(20)34-25(23)29(26(30)33)15-22(31)28-19-13-11-18(27)12-14-19/h2-4,7-8,11-14,16H,5-6,9-10,15H2,1H3,(H,28,31). The number of nitrogens with zero attached hydrogens (tertiary/aromatic N) is 2. The summed E-state index contributed by atoms with van der Waals surface area (Å²) in [5.74, 6) is -0.311. The fourth-order valence-electron chi connectivity index (χ4n) is 4.63. The monoisotopic (exact) mass is 537 g/mol. The molecule has 1 aliphatic rings. The van der Waals surface area contributed by atoms with Gasteiger partial charge in [-0.3, -0.25) is 18.7 Å². The van der Waals surface area contributed by atoms with Gasteiger partial charge in [0.25, 0.3) is 5.56 Å². The second kappa shape index (κ2) is 9.35. The molecule has 0 spiro atoms. The van der Waals surface area contributed by atoms with Crippen molar-refractivity contribution in [2.45, 2.75) is 45.2 Å². The number of hydrogen-bond acceptors (Lipinski definition) is 4. The van der Waals surface area contributed by atoms with Crippen LogP contribution in [0.3, 0.4) is 0 Å². The molecule has 2 aromatic carbocycles. The Hall–Kier alpha value is -2.97. The number of aryl methyl sites for hydroxylation is 2. The topological polar surface area (TPSA) is 73.1 Å². The zero-order chi connectivity index (χ0) is 23.8. The van der Waals surface area contributed by atoms with Gasteiger partial charge >= 0.3 is 5.69 Å². The molecule has 2 aromatic heterocycles. The van der Waals surface area contributed by atoms with Gasteiger partial charge in [-0.05, 0) is 68.0 Å². The molecule has 0 saturated heterocycles. The van der Waals surface area contributed by atoms with E-state index in [4.69, 9.17) is 0 Å². The van der Waals surface area contributed by atoms with E-state index in [1.807, 2.05) is 49.4 Å². The Kier molecular flexibility index (Phi) is 6.27. The van der Waals surface area contributed by atoms with Gasteiger partial charge in [0.05, 0.1) is 11.4 Å². The highest BCUT2D eigenvalue weighted by molar-refractivity contribution is 9.10. The lowest BCUT2D eigenvalue weighted by Crippen LogP contribution is -2.43. The Morgan fingerprint density at radius 1 is 1.06 bits per heavy atom. The molecule has 0 fully saturated rings. The highest BCUT2D eigenvalue weighted by Gasteiger charge is 2.26. The normalized spacial score (nSPS) is 14.1. The summed E-state index contributed by atoms with van der Waals surface area (Å²) in [6, 6.07) is 16.3. The summed E-state index contributed by atoms with van der Waals surface area (Å²) in [7, 11) is 0. The molecule has 1 unspecified atom stereocenters. The van der Waals surface area contributed by atoms with E-state index in [2.05, 4.69) is 21.2 Å². The third-order valence-electron chi connectivity index (χ3n) is 6.37. The molecule has 0 saturated carbocycles. The van der Waals surface area contributed by atoms with Gasteiger partial charge < -0.3 is 5.32 Å². The maximum Gasteiger partial charge on any atom is 0.333 e. The van der Waals surface area contributed by atoms with E-state index in [-0.39, 0.29) is 18.0 Å². The molecule has 1 aliphatic carbocycles. The van der Waals surface area contributed by atoms with E-state index in [9.17, 15) is 14.4 Å². The van der Waals surface area contributed by atoms with Gasteiger partial charge in [-0.1, -0.05) is 46.3 Å². The minimum absolute atomic E-state index is 0.160. The van der Waals surface area contributed by atoms with Crippen molar-refractivity contribution in [3.8, 4) is 0 Å². The fourth-order valence-corrected chi connectivity index (χ4v) is 6.26. The van der Waals surface area contributed by atoms with Crippen molar-refractivity contribution in [3.63, 3.8) is 0 Å². The summed E-state index contributed by atoms with van der Waals surface area (Å²) in [4.78, 5) is 42.2. The van der Waals surface area contributed by atoms with Crippen LogP contribution in [0.5, 0.6) is 0 Å². The first-order valence-corrected chi connectivity index (χ1v) is 12.9. The van der Waals surface area contributed by atoms with E-state index < -0.39 is 11.7 Å². The van der Waals surface area contributed by atoms with E-state index in [1.54, 1.807) is 12.1 Å². The van der Waals surface area contributed by atoms with Crippen molar-refractivity contribution in [2.24, 2.45) is 0 Å². The van der Waals surface area contributed by atoms with Crippen LogP contribution in [0.15, 0.2) is 68.7 Å². The number of thiophene rings is 1. The average molecular weight is 538 g/mol. The second-order valence-corrected chi connectivity index (χ2v) is 10.6. The molecule has 1 atom stereocenters. The number of anilines is 1. The molecule has 1 N–H and O–H groups in total. The van der Waals surface area contributed by atoms with Gasteiger partial charge in [0.1, 0.15) is 11.4 Å². The minimum Gasteiger partial charge on any atom is -0.325 e. The summed E-state index contributed by atoms with van der Waals surface area (Å²) in [5.41, 5.74) is 1.84. The Morgan fingerprint density at radius 3 is 2.50 bits per heavy atom. The molecule has 5 rings (SSSR count).